The smallest absolute Gasteiger partial charge is 0.216 e. The van der Waals surface area contributed by atoms with Crippen molar-refractivity contribution in [3.05, 3.63) is 18.1 Å². The van der Waals surface area contributed by atoms with Crippen LogP contribution >= 0.6 is 0 Å². The number of sulfonamides is 1. The average molecular weight is 338 g/mol. The van der Waals surface area contributed by atoms with E-state index in [0.717, 1.165) is 56.5 Å². The van der Waals surface area contributed by atoms with Gasteiger partial charge in [0.2, 0.25) is 10.0 Å². The summed E-state index contributed by atoms with van der Waals surface area (Å²) in [5.41, 5.74) is 0.931. The van der Waals surface area contributed by atoms with Gasteiger partial charge in [0.05, 0.1) is 10.9 Å². The molecule has 0 amide bonds. The van der Waals surface area contributed by atoms with Gasteiger partial charge in [-0.3, -0.25) is 4.98 Å². The summed E-state index contributed by atoms with van der Waals surface area (Å²) in [6.07, 6.45) is 9.90. The Kier molecular flexibility index (Phi) is 5.16. The topological polar surface area (TPSA) is 75.2 Å². The fourth-order valence-corrected chi connectivity index (χ4v) is 5.97. The molecule has 1 atom stereocenters. The molecule has 0 spiro atoms. The number of piperidine rings is 1. The van der Waals surface area contributed by atoms with Crippen LogP contribution in [0, 0.1) is 5.92 Å². The molecule has 1 aliphatic heterocycles. The van der Waals surface area contributed by atoms with Gasteiger partial charge in [-0.2, -0.15) is 0 Å². The summed E-state index contributed by atoms with van der Waals surface area (Å²) >= 11 is 0. The van der Waals surface area contributed by atoms with Crippen LogP contribution in [0.2, 0.25) is 0 Å². The summed E-state index contributed by atoms with van der Waals surface area (Å²) in [4.78, 5) is 8.70. The van der Waals surface area contributed by atoms with Gasteiger partial charge in [0.25, 0.3) is 0 Å². The zero-order valence-corrected chi connectivity index (χ0v) is 14.6. The first-order valence-corrected chi connectivity index (χ1v) is 10.1. The highest BCUT2D eigenvalue weighted by Crippen LogP contribution is 2.31. The van der Waals surface area contributed by atoms with Crippen molar-refractivity contribution < 1.29 is 8.42 Å². The molecule has 1 aromatic rings. The minimum absolute atomic E-state index is 0.148. The standard InChI is InChI=1S/C16H26N4O2S/c1-17-16-15(18-8-9-19-16)11-13-5-4-10-20(12-13)23(21,22)14-6-2-3-7-14/h8-9,13-14H,2-7,10-12H2,1H3,(H,17,19)/t13-/m1/s1. The van der Waals surface area contributed by atoms with E-state index in [2.05, 4.69) is 15.3 Å². The Labute approximate surface area is 138 Å². The lowest BCUT2D eigenvalue weighted by Crippen LogP contribution is -2.44. The molecule has 128 valence electrons. The predicted molar refractivity (Wildman–Crippen MR) is 90.8 cm³/mol. The van der Waals surface area contributed by atoms with Gasteiger partial charge in [-0.15, -0.1) is 0 Å². The summed E-state index contributed by atoms with van der Waals surface area (Å²) in [6, 6.07) is 0. The Morgan fingerprint density at radius 1 is 1.17 bits per heavy atom. The van der Waals surface area contributed by atoms with Crippen LogP contribution in [0.1, 0.15) is 44.2 Å². The van der Waals surface area contributed by atoms with Gasteiger partial charge < -0.3 is 5.32 Å². The van der Waals surface area contributed by atoms with Crippen LogP contribution in [-0.4, -0.2) is 48.1 Å². The van der Waals surface area contributed by atoms with Crippen LogP contribution in [0.15, 0.2) is 12.4 Å². The van der Waals surface area contributed by atoms with E-state index in [9.17, 15) is 8.42 Å². The van der Waals surface area contributed by atoms with Crippen molar-refractivity contribution in [2.75, 3.05) is 25.5 Å². The molecule has 1 N–H and O–H groups in total. The Bertz CT molecular complexity index is 629. The molecule has 0 aromatic carbocycles. The molecule has 7 heteroatoms. The SMILES string of the molecule is CNc1nccnc1C[C@H]1CCCN(S(=O)(=O)C2CCCC2)C1. The molecule has 3 rings (SSSR count). The van der Waals surface area contributed by atoms with Crippen molar-refractivity contribution >= 4 is 15.8 Å². The first-order valence-electron chi connectivity index (χ1n) is 8.58. The maximum atomic E-state index is 12.8. The number of nitrogens with zero attached hydrogens (tertiary/aromatic N) is 3. The molecule has 0 unspecified atom stereocenters. The highest BCUT2D eigenvalue weighted by Gasteiger charge is 2.36. The van der Waals surface area contributed by atoms with E-state index < -0.39 is 10.0 Å². The fourth-order valence-electron chi connectivity index (χ4n) is 3.82. The predicted octanol–water partition coefficient (Wildman–Crippen LogP) is 2.05. The van der Waals surface area contributed by atoms with Gasteiger partial charge in [0.1, 0.15) is 5.82 Å². The highest BCUT2D eigenvalue weighted by molar-refractivity contribution is 7.89. The molecule has 0 radical (unpaired) electrons. The summed E-state index contributed by atoms with van der Waals surface area (Å²) in [6.45, 7) is 1.30. The number of aromatic nitrogens is 2. The minimum atomic E-state index is -3.12. The first kappa shape index (κ1) is 16.6. The lowest BCUT2D eigenvalue weighted by atomic mass is 9.94. The Morgan fingerprint density at radius 2 is 1.91 bits per heavy atom. The van der Waals surface area contributed by atoms with E-state index in [4.69, 9.17) is 0 Å². The molecular weight excluding hydrogens is 312 g/mol. The number of anilines is 1. The van der Waals surface area contributed by atoms with Crippen LogP contribution in [0.5, 0.6) is 0 Å². The molecule has 1 saturated heterocycles. The number of hydrogen-bond donors (Lipinski definition) is 1. The molecular formula is C16H26N4O2S. The van der Waals surface area contributed by atoms with E-state index in [1.807, 2.05) is 7.05 Å². The molecule has 6 nitrogen and oxygen atoms in total. The zero-order chi connectivity index (χ0) is 16.3. The van der Waals surface area contributed by atoms with E-state index in [0.29, 0.717) is 19.0 Å². The van der Waals surface area contributed by atoms with Crippen LogP contribution in [0.4, 0.5) is 5.82 Å². The summed E-state index contributed by atoms with van der Waals surface area (Å²) in [5.74, 6) is 1.12. The third-order valence-electron chi connectivity index (χ3n) is 5.06. The van der Waals surface area contributed by atoms with Crippen LogP contribution in [0.25, 0.3) is 0 Å². The largest absolute Gasteiger partial charge is 0.372 e. The summed E-state index contributed by atoms with van der Waals surface area (Å²) in [5, 5.41) is 2.92. The average Bonchev–Trinajstić information content (AvgIpc) is 3.11. The van der Waals surface area contributed by atoms with Gasteiger partial charge >= 0.3 is 0 Å². The second kappa shape index (κ2) is 7.13. The summed E-state index contributed by atoms with van der Waals surface area (Å²) < 4.78 is 27.3. The van der Waals surface area contributed by atoms with Crippen LogP contribution in [-0.2, 0) is 16.4 Å². The van der Waals surface area contributed by atoms with Crippen molar-refractivity contribution in [1.29, 1.82) is 0 Å². The van der Waals surface area contributed by atoms with Crippen molar-refractivity contribution in [3.8, 4) is 0 Å². The number of hydrogen-bond acceptors (Lipinski definition) is 5. The van der Waals surface area contributed by atoms with Gasteiger partial charge in [-0.05, 0) is 38.0 Å². The number of rotatable bonds is 5. The van der Waals surface area contributed by atoms with E-state index in [1.54, 1.807) is 16.7 Å². The molecule has 23 heavy (non-hydrogen) atoms. The maximum absolute atomic E-state index is 12.8. The van der Waals surface area contributed by atoms with Crippen molar-refractivity contribution in [2.45, 2.75) is 50.2 Å². The molecule has 1 aromatic heterocycles. The lowest BCUT2D eigenvalue weighted by Gasteiger charge is -2.33. The van der Waals surface area contributed by atoms with Gasteiger partial charge in [-0.25, -0.2) is 17.7 Å². The van der Waals surface area contributed by atoms with E-state index in [1.165, 1.54) is 0 Å². The molecule has 1 aliphatic carbocycles. The second-order valence-electron chi connectivity index (χ2n) is 6.62. The number of nitrogens with one attached hydrogen (secondary N) is 1. The fraction of sp³-hybridized carbons (Fsp3) is 0.750. The first-order chi connectivity index (χ1) is 11.1. The molecule has 2 aliphatic rings. The maximum Gasteiger partial charge on any atom is 0.216 e. The van der Waals surface area contributed by atoms with E-state index in [-0.39, 0.29) is 5.25 Å². The molecule has 2 fully saturated rings. The minimum Gasteiger partial charge on any atom is -0.372 e. The van der Waals surface area contributed by atoms with Crippen molar-refractivity contribution in [3.63, 3.8) is 0 Å². The molecule has 2 heterocycles. The lowest BCUT2D eigenvalue weighted by molar-refractivity contribution is 0.262. The highest BCUT2D eigenvalue weighted by atomic mass is 32.2. The van der Waals surface area contributed by atoms with Crippen molar-refractivity contribution in [1.82, 2.24) is 14.3 Å². The second-order valence-corrected chi connectivity index (χ2v) is 8.84. The Morgan fingerprint density at radius 3 is 2.65 bits per heavy atom. The van der Waals surface area contributed by atoms with Gasteiger partial charge in [0.15, 0.2) is 0 Å². The third kappa shape index (κ3) is 3.66. The Hall–Kier alpha value is -1.21. The monoisotopic (exact) mass is 338 g/mol. The van der Waals surface area contributed by atoms with Crippen LogP contribution in [0.3, 0.4) is 0 Å². The zero-order valence-electron chi connectivity index (χ0n) is 13.7. The van der Waals surface area contributed by atoms with Gasteiger partial charge in [-0.1, -0.05) is 12.8 Å². The summed E-state index contributed by atoms with van der Waals surface area (Å²) in [7, 11) is -1.28. The Balaban J connectivity index is 1.68. The van der Waals surface area contributed by atoms with Gasteiger partial charge in [0, 0.05) is 32.5 Å². The van der Waals surface area contributed by atoms with Crippen LogP contribution < -0.4 is 5.32 Å². The molecule has 0 bridgehead atoms. The van der Waals surface area contributed by atoms with E-state index >= 15 is 0 Å². The van der Waals surface area contributed by atoms with Crippen molar-refractivity contribution in [2.24, 2.45) is 5.92 Å². The normalized spacial score (nSPS) is 24.0. The third-order valence-corrected chi connectivity index (χ3v) is 7.42. The quantitative estimate of drug-likeness (QED) is 0.889. The molecule has 1 saturated carbocycles.